The number of nitrogens with two attached hydrogens (primary N) is 1. The molecule has 116 valence electrons. The number of benzene rings is 1. The third-order valence-corrected chi connectivity index (χ3v) is 4.94. The van der Waals surface area contributed by atoms with E-state index in [9.17, 15) is 10.1 Å². The predicted octanol–water partition coefficient (Wildman–Crippen LogP) is 3.17. The number of non-ortho nitro benzene ring substituents is 1. The highest BCUT2D eigenvalue weighted by Crippen LogP contribution is 2.39. The van der Waals surface area contributed by atoms with Crippen LogP contribution in [-0.2, 0) is 5.54 Å². The van der Waals surface area contributed by atoms with E-state index in [1.165, 1.54) is 23.9 Å². The van der Waals surface area contributed by atoms with Gasteiger partial charge >= 0.3 is 0 Å². The maximum Gasteiger partial charge on any atom is 0.269 e. The lowest BCUT2D eigenvalue weighted by molar-refractivity contribution is -0.384. The van der Waals surface area contributed by atoms with Crippen molar-refractivity contribution in [2.75, 3.05) is 0 Å². The minimum Gasteiger partial charge on any atom is -0.338 e. The van der Waals surface area contributed by atoms with Crippen molar-refractivity contribution in [1.29, 1.82) is 0 Å². The molecule has 3 rings (SSSR count). The zero-order valence-corrected chi connectivity index (χ0v) is 12.9. The first kappa shape index (κ1) is 15.0. The van der Waals surface area contributed by atoms with Crippen molar-refractivity contribution >= 4 is 17.4 Å². The molecule has 2 N–H and O–H groups in total. The van der Waals surface area contributed by atoms with Crippen LogP contribution in [-0.4, -0.2) is 15.1 Å². The Balaban J connectivity index is 1.69. The Hall–Kier alpha value is -1.93. The van der Waals surface area contributed by atoms with Crippen molar-refractivity contribution < 1.29 is 9.45 Å². The summed E-state index contributed by atoms with van der Waals surface area (Å²) >= 11 is 1.51. The molecule has 1 atom stereocenters. The molecular weight excluding hydrogens is 304 g/mol. The van der Waals surface area contributed by atoms with Gasteiger partial charge in [-0.25, -0.2) is 0 Å². The summed E-state index contributed by atoms with van der Waals surface area (Å²) in [5.41, 5.74) is 5.82. The first-order chi connectivity index (χ1) is 10.5. The van der Waals surface area contributed by atoms with Gasteiger partial charge in [0, 0.05) is 17.0 Å². The van der Waals surface area contributed by atoms with Gasteiger partial charge in [-0.3, -0.25) is 10.1 Å². The molecule has 0 bridgehead atoms. The molecule has 1 unspecified atom stereocenters. The summed E-state index contributed by atoms with van der Waals surface area (Å²) < 4.78 is 5.31. The SMILES string of the molecule is CC(Sc1ccc([N+](=O)[O-])cc1)c1nc(C2(N)CCC2)no1. The molecule has 2 aromatic rings. The minimum atomic E-state index is -0.431. The monoisotopic (exact) mass is 320 g/mol. The van der Waals surface area contributed by atoms with Gasteiger partial charge in [0.15, 0.2) is 5.82 Å². The fourth-order valence-corrected chi connectivity index (χ4v) is 3.18. The number of thioether (sulfide) groups is 1. The maximum atomic E-state index is 10.6. The van der Waals surface area contributed by atoms with E-state index in [1.807, 2.05) is 6.92 Å². The second kappa shape index (κ2) is 5.69. The molecule has 0 amide bonds. The Bertz CT molecular complexity index is 682. The Morgan fingerprint density at radius 3 is 2.64 bits per heavy atom. The van der Waals surface area contributed by atoms with E-state index in [0.717, 1.165) is 24.2 Å². The number of rotatable bonds is 5. The maximum absolute atomic E-state index is 10.6. The topological polar surface area (TPSA) is 108 Å². The molecule has 1 aliphatic rings. The summed E-state index contributed by atoms with van der Waals surface area (Å²) in [6, 6.07) is 6.40. The van der Waals surface area contributed by atoms with Crippen LogP contribution in [0.2, 0.25) is 0 Å². The quantitative estimate of drug-likeness (QED) is 0.512. The van der Waals surface area contributed by atoms with Crippen LogP contribution in [0.1, 0.15) is 43.2 Å². The molecule has 7 nitrogen and oxygen atoms in total. The molecule has 1 heterocycles. The first-order valence-corrected chi connectivity index (χ1v) is 7.90. The van der Waals surface area contributed by atoms with Crippen LogP contribution in [0, 0.1) is 10.1 Å². The molecule has 1 aromatic carbocycles. The van der Waals surface area contributed by atoms with Gasteiger partial charge in [-0.1, -0.05) is 5.16 Å². The van der Waals surface area contributed by atoms with E-state index in [0.29, 0.717) is 11.7 Å². The van der Waals surface area contributed by atoms with Crippen LogP contribution in [0.5, 0.6) is 0 Å². The second-order valence-corrected chi connectivity index (χ2v) is 6.89. The number of nitrogens with zero attached hydrogens (tertiary/aromatic N) is 3. The molecule has 0 spiro atoms. The van der Waals surface area contributed by atoms with Crippen LogP contribution in [0.3, 0.4) is 0 Å². The summed E-state index contributed by atoms with van der Waals surface area (Å²) in [6.07, 6.45) is 2.86. The van der Waals surface area contributed by atoms with Gasteiger partial charge in [-0.05, 0) is 38.3 Å². The van der Waals surface area contributed by atoms with Crippen LogP contribution in [0.4, 0.5) is 5.69 Å². The van der Waals surface area contributed by atoms with Crippen molar-refractivity contribution in [3.63, 3.8) is 0 Å². The molecule has 1 aliphatic carbocycles. The number of hydrogen-bond donors (Lipinski definition) is 1. The standard InChI is InChI=1S/C14H16N4O3S/c1-9(22-11-5-3-10(4-6-11)18(19)20)12-16-13(17-21-12)14(15)7-2-8-14/h3-6,9H,2,7-8,15H2,1H3. The van der Waals surface area contributed by atoms with Crippen LogP contribution >= 0.6 is 11.8 Å². The van der Waals surface area contributed by atoms with E-state index in [1.54, 1.807) is 12.1 Å². The van der Waals surface area contributed by atoms with Gasteiger partial charge in [0.05, 0.1) is 15.7 Å². The number of hydrogen-bond acceptors (Lipinski definition) is 7. The molecule has 0 aliphatic heterocycles. The van der Waals surface area contributed by atoms with Crippen molar-refractivity contribution in [2.24, 2.45) is 5.73 Å². The predicted molar refractivity (Wildman–Crippen MR) is 81.4 cm³/mol. The van der Waals surface area contributed by atoms with Gasteiger partial charge in [-0.2, -0.15) is 4.98 Å². The highest BCUT2D eigenvalue weighted by molar-refractivity contribution is 7.99. The Morgan fingerprint density at radius 1 is 1.41 bits per heavy atom. The average Bonchev–Trinajstić information content (AvgIpc) is 2.95. The van der Waals surface area contributed by atoms with Gasteiger partial charge in [-0.15, -0.1) is 11.8 Å². The van der Waals surface area contributed by atoms with E-state index in [2.05, 4.69) is 10.1 Å². The Kier molecular flexibility index (Phi) is 3.88. The molecule has 0 saturated heterocycles. The van der Waals surface area contributed by atoms with Gasteiger partial charge in [0.25, 0.3) is 5.69 Å². The summed E-state index contributed by atoms with van der Waals surface area (Å²) in [6.45, 7) is 1.95. The smallest absolute Gasteiger partial charge is 0.269 e. The van der Waals surface area contributed by atoms with Crippen LogP contribution in [0.25, 0.3) is 0 Å². The highest BCUT2D eigenvalue weighted by atomic mass is 32.2. The van der Waals surface area contributed by atoms with Gasteiger partial charge in [0.1, 0.15) is 0 Å². The molecule has 1 aromatic heterocycles. The Morgan fingerprint density at radius 2 is 2.09 bits per heavy atom. The third kappa shape index (κ3) is 2.84. The fraction of sp³-hybridized carbons (Fsp3) is 0.429. The lowest BCUT2D eigenvalue weighted by Crippen LogP contribution is -2.44. The summed E-state index contributed by atoms with van der Waals surface area (Å²) in [5, 5.41) is 14.6. The second-order valence-electron chi connectivity index (χ2n) is 5.48. The molecule has 22 heavy (non-hydrogen) atoms. The molecule has 0 radical (unpaired) electrons. The van der Waals surface area contributed by atoms with E-state index in [-0.39, 0.29) is 10.9 Å². The van der Waals surface area contributed by atoms with E-state index >= 15 is 0 Å². The van der Waals surface area contributed by atoms with E-state index < -0.39 is 10.5 Å². The van der Waals surface area contributed by atoms with Crippen LogP contribution < -0.4 is 5.73 Å². The highest BCUT2D eigenvalue weighted by Gasteiger charge is 2.39. The third-order valence-electron chi connectivity index (χ3n) is 3.84. The van der Waals surface area contributed by atoms with Crippen molar-refractivity contribution in [2.45, 2.75) is 41.9 Å². The summed E-state index contributed by atoms with van der Waals surface area (Å²) in [5.74, 6) is 1.10. The lowest BCUT2D eigenvalue weighted by atomic mass is 9.77. The van der Waals surface area contributed by atoms with Crippen LogP contribution in [0.15, 0.2) is 33.7 Å². The van der Waals surface area contributed by atoms with Gasteiger partial charge < -0.3 is 10.3 Å². The zero-order valence-electron chi connectivity index (χ0n) is 12.1. The fourth-order valence-electron chi connectivity index (χ4n) is 2.28. The number of aromatic nitrogens is 2. The van der Waals surface area contributed by atoms with Gasteiger partial charge in [0.2, 0.25) is 5.89 Å². The van der Waals surface area contributed by atoms with Crippen molar-refractivity contribution in [3.05, 3.63) is 46.1 Å². The summed E-state index contributed by atoms with van der Waals surface area (Å²) in [7, 11) is 0. The normalized spacial score (nSPS) is 17.7. The Labute approximate surface area is 131 Å². The van der Waals surface area contributed by atoms with Crippen molar-refractivity contribution in [3.8, 4) is 0 Å². The summed E-state index contributed by atoms with van der Waals surface area (Å²) in [4.78, 5) is 15.5. The first-order valence-electron chi connectivity index (χ1n) is 7.02. The zero-order chi connectivity index (χ0) is 15.7. The molecule has 1 saturated carbocycles. The number of nitro benzene ring substituents is 1. The molecular formula is C14H16N4O3S. The molecule has 1 fully saturated rings. The molecule has 8 heteroatoms. The largest absolute Gasteiger partial charge is 0.338 e. The average molecular weight is 320 g/mol. The van der Waals surface area contributed by atoms with E-state index in [4.69, 9.17) is 10.3 Å². The lowest BCUT2D eigenvalue weighted by Gasteiger charge is -2.34. The minimum absolute atomic E-state index is 0.0496. The van der Waals surface area contributed by atoms with Crippen molar-refractivity contribution in [1.82, 2.24) is 10.1 Å². The number of nitro groups is 1.